The summed E-state index contributed by atoms with van der Waals surface area (Å²) in [5, 5.41) is 4.35. The van der Waals surface area contributed by atoms with E-state index in [1.165, 1.54) is 22.3 Å². The molecule has 18 rings (SSSR count). The van der Waals surface area contributed by atoms with E-state index in [-0.39, 0.29) is 0 Å². The van der Waals surface area contributed by atoms with Gasteiger partial charge in [0.2, 0.25) is 0 Å². The van der Waals surface area contributed by atoms with Crippen LogP contribution in [0.5, 0.6) is 0 Å². The highest BCUT2D eigenvalue weighted by Gasteiger charge is 2.18. The third-order valence-corrected chi connectivity index (χ3v) is 18.6. The van der Waals surface area contributed by atoms with Crippen molar-refractivity contribution in [1.82, 2.24) is 54.8 Å². The lowest BCUT2D eigenvalue weighted by Crippen LogP contribution is -2.00. The van der Waals surface area contributed by atoms with E-state index in [1.807, 2.05) is 98.0 Å². The number of pyridine rings is 6. The smallest absolute Gasteiger partial charge is 0.164 e. The van der Waals surface area contributed by atoms with Crippen LogP contribution in [0.15, 0.2) is 334 Å². The van der Waals surface area contributed by atoms with Gasteiger partial charge in [0.1, 0.15) is 0 Å². The summed E-state index contributed by atoms with van der Waals surface area (Å²) in [5.74, 6) is 2.52. The average Bonchev–Trinajstić information content (AvgIpc) is 0.757. The first-order valence-corrected chi connectivity index (χ1v) is 34.4. The molecule has 0 N–H and O–H groups in total. The first-order valence-electron chi connectivity index (χ1n) is 34.4. The molecule has 0 bridgehead atoms. The van der Waals surface area contributed by atoms with E-state index in [9.17, 15) is 0 Å². The zero-order chi connectivity index (χ0) is 69.0. The van der Waals surface area contributed by atoms with Crippen LogP contribution in [-0.4, -0.2) is 54.8 Å². The van der Waals surface area contributed by atoms with Gasteiger partial charge in [-0.25, -0.2) is 34.9 Å². The van der Waals surface area contributed by atoms with Gasteiger partial charge in [-0.1, -0.05) is 250 Å². The maximum absolute atomic E-state index is 5.26. The highest BCUT2D eigenvalue weighted by atomic mass is 15.0. The van der Waals surface area contributed by atoms with Gasteiger partial charge >= 0.3 is 0 Å². The molecular formula is C92H63N11. The second kappa shape index (κ2) is 27.9. The van der Waals surface area contributed by atoms with E-state index in [2.05, 4.69) is 241 Å². The van der Waals surface area contributed by atoms with Gasteiger partial charge in [0.15, 0.2) is 23.3 Å². The van der Waals surface area contributed by atoms with Crippen LogP contribution in [0, 0.1) is 6.92 Å². The number of rotatable bonds is 13. The fraction of sp³-hybridized carbons (Fsp3) is 0.0326. The number of aryl methyl sites for hydroxylation is 2. The Bertz CT molecular complexity index is 6010. The highest BCUT2D eigenvalue weighted by Crippen LogP contribution is 2.38. The molecule has 0 amide bonds. The highest BCUT2D eigenvalue weighted by molar-refractivity contribution is 6.10. The molecule has 0 aliphatic heterocycles. The molecule has 0 spiro atoms. The largest absolute Gasteiger partial charge is 0.265 e. The quantitative estimate of drug-likeness (QED) is 0.102. The number of hydrogen-bond donors (Lipinski definition) is 0. The minimum atomic E-state index is 0.607. The first kappa shape index (κ1) is 62.7. The summed E-state index contributed by atoms with van der Waals surface area (Å²) in [5.41, 5.74) is 26.1. The molecule has 0 radical (unpaired) electrons. The Morgan fingerprint density at radius 2 is 0.641 bits per heavy atom. The molecule has 8 aromatic heterocycles. The molecule has 0 saturated heterocycles. The Morgan fingerprint density at radius 1 is 0.233 bits per heavy atom. The Morgan fingerprint density at radius 3 is 1.15 bits per heavy atom. The van der Waals surface area contributed by atoms with Crippen molar-refractivity contribution in [2.45, 2.75) is 20.3 Å². The van der Waals surface area contributed by atoms with Crippen molar-refractivity contribution in [3.05, 3.63) is 346 Å². The van der Waals surface area contributed by atoms with Crippen molar-refractivity contribution < 1.29 is 0 Å². The summed E-state index contributed by atoms with van der Waals surface area (Å²) >= 11 is 0. The predicted octanol–water partition coefficient (Wildman–Crippen LogP) is 22.2. The Labute approximate surface area is 595 Å². The van der Waals surface area contributed by atoms with E-state index in [0.29, 0.717) is 23.3 Å². The summed E-state index contributed by atoms with van der Waals surface area (Å²) in [6.45, 7) is 4.20. The normalized spacial score (nSPS) is 11.2. The molecule has 11 nitrogen and oxygen atoms in total. The molecule has 18 aromatic rings. The monoisotopic (exact) mass is 1320 g/mol. The van der Waals surface area contributed by atoms with E-state index in [1.54, 1.807) is 18.6 Å². The maximum atomic E-state index is 5.26. The van der Waals surface area contributed by atoms with Gasteiger partial charge in [-0.2, -0.15) is 0 Å². The van der Waals surface area contributed by atoms with Crippen LogP contribution in [0.3, 0.4) is 0 Å². The fourth-order valence-corrected chi connectivity index (χ4v) is 13.3. The van der Waals surface area contributed by atoms with Crippen LogP contribution >= 0.6 is 0 Å². The summed E-state index contributed by atoms with van der Waals surface area (Å²) < 4.78 is 0. The summed E-state index contributed by atoms with van der Waals surface area (Å²) in [7, 11) is 0. The number of aromatic nitrogens is 11. The third kappa shape index (κ3) is 13.0. The van der Waals surface area contributed by atoms with Gasteiger partial charge in [0.05, 0.1) is 44.8 Å². The van der Waals surface area contributed by atoms with Crippen LogP contribution in [-0.2, 0) is 6.42 Å². The van der Waals surface area contributed by atoms with Crippen LogP contribution in [0.1, 0.15) is 18.3 Å². The van der Waals surface area contributed by atoms with Crippen molar-refractivity contribution >= 4 is 43.6 Å². The van der Waals surface area contributed by atoms with E-state index in [4.69, 9.17) is 44.9 Å². The number of hydrogen-bond acceptors (Lipinski definition) is 11. The first-order chi connectivity index (χ1) is 50.9. The molecule has 0 aliphatic carbocycles. The Kier molecular flexibility index (Phi) is 17.0. The maximum Gasteiger partial charge on any atom is 0.164 e. The second-order valence-corrected chi connectivity index (χ2v) is 25.3. The standard InChI is InChI=1S/C47H33N5.C45H30N6/c1-2-39-28-41(32-11-5-3-6-12-32)40-24-22-34-23-25-42(50-45(34)46(40)49-39)37-16-9-15-36(27-37)31-18-20-35(21-19-31)47-51-43(33-13-7-4-8-14-33)29-44(52-47)38-17-10-26-48-30-38;1-29-27-39(31-9-4-2-5-10-31)38-21-19-32-20-22-40(48-41(32)42(38)47-29)37-14-8-13-36(28-37)30-15-17-34(18-16-30)44-49-43(33-11-6-3-7-12-33)50-45(51-44)35-23-25-46-26-24-35/h3-30H,2H2,1H3;2-28H,1H3. The predicted molar refractivity (Wildman–Crippen MR) is 418 cm³/mol. The number of benzene rings is 10. The second-order valence-electron chi connectivity index (χ2n) is 25.3. The molecule has 0 saturated carbocycles. The number of fused-ring (bicyclic) bond motifs is 6. The van der Waals surface area contributed by atoms with Crippen molar-refractivity contribution in [3.63, 3.8) is 0 Å². The van der Waals surface area contributed by atoms with Crippen LogP contribution < -0.4 is 0 Å². The molecular weight excluding hydrogens is 1260 g/mol. The molecule has 10 aromatic carbocycles. The zero-order valence-electron chi connectivity index (χ0n) is 56.4. The lowest BCUT2D eigenvalue weighted by Gasteiger charge is -2.12. The minimum absolute atomic E-state index is 0.607. The lowest BCUT2D eigenvalue weighted by atomic mass is 9.97. The molecule has 486 valence electrons. The molecule has 0 unspecified atom stereocenters. The van der Waals surface area contributed by atoms with Crippen molar-refractivity contribution in [3.8, 4) is 135 Å². The zero-order valence-corrected chi connectivity index (χ0v) is 56.4. The molecule has 0 atom stereocenters. The topological polar surface area (TPSA) is 142 Å². The van der Waals surface area contributed by atoms with Crippen LogP contribution in [0.4, 0.5) is 0 Å². The molecule has 103 heavy (non-hydrogen) atoms. The van der Waals surface area contributed by atoms with Crippen molar-refractivity contribution in [2.75, 3.05) is 0 Å². The van der Waals surface area contributed by atoms with E-state index in [0.717, 1.165) is 151 Å². The number of nitrogens with zero attached hydrogens (tertiary/aromatic N) is 11. The average molecular weight is 1320 g/mol. The molecule has 0 aliphatic rings. The minimum Gasteiger partial charge on any atom is -0.265 e. The summed E-state index contributed by atoms with van der Waals surface area (Å²) in [6, 6.07) is 107. The molecule has 11 heteroatoms. The SMILES string of the molecule is CCc1cc(-c2ccccc2)c2ccc3ccc(-c4cccc(-c5ccc(-c6nc(-c7ccccc7)cc(-c7cccnc7)n6)cc5)c4)nc3c2n1.Cc1cc(-c2ccccc2)c2ccc3ccc(-c4cccc(-c5ccc(-c6nc(-c7ccccc7)nc(-c7ccncc7)n6)cc5)c4)nc3c2n1. The third-order valence-electron chi connectivity index (χ3n) is 18.6. The summed E-state index contributed by atoms with van der Waals surface area (Å²) in [6.07, 6.45) is 7.96. The van der Waals surface area contributed by atoms with Gasteiger partial charge < -0.3 is 0 Å². The van der Waals surface area contributed by atoms with Crippen LogP contribution in [0.25, 0.3) is 179 Å². The molecule has 0 fully saturated rings. The van der Waals surface area contributed by atoms with Crippen molar-refractivity contribution in [2.24, 2.45) is 0 Å². The van der Waals surface area contributed by atoms with Gasteiger partial charge in [-0.3, -0.25) is 19.9 Å². The lowest BCUT2D eigenvalue weighted by molar-refractivity contribution is 1.06. The Hall–Kier alpha value is -13.8. The summed E-state index contributed by atoms with van der Waals surface area (Å²) in [4.78, 5) is 53.6. The van der Waals surface area contributed by atoms with Gasteiger partial charge in [-0.05, 0) is 125 Å². The van der Waals surface area contributed by atoms with Crippen LogP contribution in [0.2, 0.25) is 0 Å². The van der Waals surface area contributed by atoms with Crippen molar-refractivity contribution in [1.29, 1.82) is 0 Å². The molecule has 8 heterocycles. The van der Waals surface area contributed by atoms with Gasteiger partial charge in [0, 0.05) is 102 Å². The van der Waals surface area contributed by atoms with E-state index >= 15 is 0 Å². The van der Waals surface area contributed by atoms with Gasteiger partial charge in [-0.15, -0.1) is 0 Å². The fourth-order valence-electron chi connectivity index (χ4n) is 13.3. The van der Waals surface area contributed by atoms with E-state index < -0.39 is 0 Å². The van der Waals surface area contributed by atoms with Gasteiger partial charge in [0.25, 0.3) is 0 Å². The Balaban J connectivity index is 0.000000153.